The molecular formula is C17H27ClN4O2. The molecule has 1 aromatic rings. The molecule has 1 saturated heterocycles. The number of amides is 1. The summed E-state index contributed by atoms with van der Waals surface area (Å²) in [5, 5.41) is 5.82. The molecule has 0 aliphatic carbocycles. The summed E-state index contributed by atoms with van der Waals surface area (Å²) in [6.07, 6.45) is -0.460. The second kappa shape index (κ2) is 8.55. The molecule has 1 amide bonds. The molecule has 0 bridgehead atoms. The van der Waals surface area contributed by atoms with E-state index in [1.54, 1.807) is 0 Å². The maximum atomic E-state index is 12.1. The van der Waals surface area contributed by atoms with Gasteiger partial charge in [-0.3, -0.25) is 9.91 Å². The van der Waals surface area contributed by atoms with Gasteiger partial charge in [0.2, 0.25) is 0 Å². The van der Waals surface area contributed by atoms with Crippen molar-refractivity contribution in [2.75, 3.05) is 44.3 Å². The summed E-state index contributed by atoms with van der Waals surface area (Å²) in [6, 6.07) is 7.39. The fourth-order valence-electron chi connectivity index (χ4n) is 2.46. The lowest BCUT2D eigenvalue weighted by molar-refractivity contribution is 0.0519. The van der Waals surface area contributed by atoms with Gasteiger partial charge in [-0.2, -0.15) is 0 Å². The highest BCUT2D eigenvalue weighted by Gasteiger charge is 2.19. The second-order valence-corrected chi connectivity index (χ2v) is 7.27. The molecule has 1 aliphatic heterocycles. The van der Waals surface area contributed by atoms with E-state index in [9.17, 15) is 4.79 Å². The number of halogens is 1. The third-order valence-corrected chi connectivity index (χ3v) is 3.86. The van der Waals surface area contributed by atoms with Gasteiger partial charge in [0.15, 0.2) is 0 Å². The summed E-state index contributed by atoms with van der Waals surface area (Å²) in [5.41, 5.74) is 3.18. The van der Waals surface area contributed by atoms with E-state index in [4.69, 9.17) is 16.3 Å². The minimum absolute atomic E-state index is 0.460. The fourth-order valence-corrected chi connectivity index (χ4v) is 2.58. The van der Waals surface area contributed by atoms with E-state index < -0.39 is 11.7 Å². The van der Waals surface area contributed by atoms with Crippen LogP contribution < -0.4 is 15.8 Å². The third kappa shape index (κ3) is 6.55. The van der Waals surface area contributed by atoms with E-state index in [0.717, 1.165) is 38.4 Å². The lowest BCUT2D eigenvalue weighted by Crippen LogP contribution is -2.50. The zero-order valence-corrected chi connectivity index (χ0v) is 15.4. The topological polar surface area (TPSA) is 56.8 Å². The molecule has 0 unspecified atom stereocenters. The van der Waals surface area contributed by atoms with Gasteiger partial charge in [0.25, 0.3) is 0 Å². The molecule has 1 heterocycles. The van der Waals surface area contributed by atoms with E-state index >= 15 is 0 Å². The summed E-state index contributed by atoms with van der Waals surface area (Å²) in [4.78, 5) is 14.5. The molecule has 134 valence electrons. The van der Waals surface area contributed by atoms with Crippen molar-refractivity contribution in [3.05, 3.63) is 29.3 Å². The Kier molecular flexibility index (Phi) is 6.71. The molecule has 7 heteroatoms. The standard InChI is InChI=1S/C17H27ClN4O2/c1-17(2,3)24-16(23)20-22(15-6-4-14(18)5-7-15)13-12-21-10-8-19-9-11-21/h4-7,19H,8-13H2,1-3H3,(H,20,23). The van der Waals surface area contributed by atoms with Crippen molar-refractivity contribution in [2.45, 2.75) is 26.4 Å². The number of piperazine rings is 1. The Labute approximate surface area is 149 Å². The van der Waals surface area contributed by atoms with E-state index in [1.807, 2.05) is 50.0 Å². The number of hydrogen-bond donors (Lipinski definition) is 2. The Morgan fingerprint density at radius 2 is 1.92 bits per heavy atom. The van der Waals surface area contributed by atoms with Gasteiger partial charge in [0, 0.05) is 37.7 Å². The molecule has 0 radical (unpaired) electrons. The molecule has 1 aliphatic rings. The first-order chi connectivity index (χ1) is 11.3. The first-order valence-corrected chi connectivity index (χ1v) is 8.67. The van der Waals surface area contributed by atoms with Gasteiger partial charge in [0.05, 0.1) is 12.2 Å². The van der Waals surface area contributed by atoms with Gasteiger partial charge in [0.1, 0.15) is 5.60 Å². The molecule has 0 spiro atoms. The molecule has 6 nitrogen and oxygen atoms in total. The number of rotatable bonds is 5. The number of carbonyl (C=O) groups excluding carboxylic acids is 1. The van der Waals surface area contributed by atoms with Crippen molar-refractivity contribution in [1.82, 2.24) is 15.6 Å². The molecular weight excluding hydrogens is 328 g/mol. The van der Waals surface area contributed by atoms with Crippen LogP contribution in [0.3, 0.4) is 0 Å². The van der Waals surface area contributed by atoms with Gasteiger partial charge in [-0.25, -0.2) is 10.2 Å². The maximum absolute atomic E-state index is 12.1. The summed E-state index contributed by atoms with van der Waals surface area (Å²) < 4.78 is 5.36. The zero-order valence-electron chi connectivity index (χ0n) is 14.6. The maximum Gasteiger partial charge on any atom is 0.426 e. The van der Waals surface area contributed by atoms with Crippen molar-refractivity contribution >= 4 is 23.4 Å². The number of benzene rings is 1. The van der Waals surface area contributed by atoms with Gasteiger partial charge in [-0.15, -0.1) is 0 Å². The third-order valence-electron chi connectivity index (χ3n) is 3.61. The number of nitrogens with one attached hydrogen (secondary N) is 2. The minimum Gasteiger partial charge on any atom is -0.443 e. The first kappa shape index (κ1) is 18.8. The number of hydrazine groups is 1. The molecule has 24 heavy (non-hydrogen) atoms. The fraction of sp³-hybridized carbons (Fsp3) is 0.588. The van der Waals surface area contributed by atoms with E-state index in [1.165, 1.54) is 0 Å². The van der Waals surface area contributed by atoms with Crippen LogP contribution in [-0.2, 0) is 4.74 Å². The van der Waals surface area contributed by atoms with Crippen molar-refractivity contribution < 1.29 is 9.53 Å². The Balaban J connectivity index is 2.00. The molecule has 2 N–H and O–H groups in total. The Morgan fingerprint density at radius 3 is 2.50 bits per heavy atom. The predicted octanol–water partition coefficient (Wildman–Crippen LogP) is 2.49. The van der Waals surface area contributed by atoms with Crippen LogP contribution in [-0.4, -0.2) is 55.9 Å². The Bertz CT molecular complexity index is 524. The number of hydrogen-bond acceptors (Lipinski definition) is 5. The summed E-state index contributed by atoms with van der Waals surface area (Å²) >= 11 is 5.96. The average Bonchev–Trinajstić information content (AvgIpc) is 2.51. The highest BCUT2D eigenvalue weighted by Crippen LogP contribution is 2.17. The van der Waals surface area contributed by atoms with Gasteiger partial charge in [-0.1, -0.05) is 11.6 Å². The quantitative estimate of drug-likeness (QED) is 0.796. The zero-order chi connectivity index (χ0) is 17.6. The van der Waals surface area contributed by atoms with E-state index in [2.05, 4.69) is 15.6 Å². The second-order valence-electron chi connectivity index (χ2n) is 6.83. The van der Waals surface area contributed by atoms with Crippen LogP contribution >= 0.6 is 11.6 Å². The molecule has 2 rings (SSSR count). The van der Waals surface area contributed by atoms with Crippen molar-refractivity contribution in [3.8, 4) is 0 Å². The SMILES string of the molecule is CC(C)(C)OC(=O)NN(CCN1CCNCC1)c1ccc(Cl)cc1. The van der Waals surface area contributed by atoms with Crippen molar-refractivity contribution in [1.29, 1.82) is 0 Å². The first-order valence-electron chi connectivity index (χ1n) is 8.29. The minimum atomic E-state index is -0.533. The lowest BCUT2D eigenvalue weighted by Gasteiger charge is -2.32. The van der Waals surface area contributed by atoms with Crippen LogP contribution in [0.25, 0.3) is 0 Å². The number of carbonyl (C=O) groups is 1. The Morgan fingerprint density at radius 1 is 1.29 bits per heavy atom. The normalized spacial score (nSPS) is 15.8. The monoisotopic (exact) mass is 354 g/mol. The van der Waals surface area contributed by atoms with Crippen molar-refractivity contribution in [3.63, 3.8) is 0 Å². The molecule has 0 aromatic heterocycles. The Hall–Kier alpha value is -1.50. The smallest absolute Gasteiger partial charge is 0.426 e. The lowest BCUT2D eigenvalue weighted by atomic mass is 10.2. The molecule has 0 atom stereocenters. The molecule has 1 aromatic carbocycles. The van der Waals surface area contributed by atoms with Gasteiger partial charge in [-0.05, 0) is 45.0 Å². The van der Waals surface area contributed by atoms with Gasteiger partial charge >= 0.3 is 6.09 Å². The van der Waals surface area contributed by atoms with Crippen LogP contribution in [0.1, 0.15) is 20.8 Å². The number of ether oxygens (including phenoxy) is 1. The van der Waals surface area contributed by atoms with Crippen LogP contribution in [0.15, 0.2) is 24.3 Å². The summed E-state index contributed by atoms with van der Waals surface area (Å²) in [6.45, 7) is 11.1. The average molecular weight is 355 g/mol. The highest BCUT2D eigenvalue weighted by atomic mass is 35.5. The van der Waals surface area contributed by atoms with Crippen LogP contribution in [0.5, 0.6) is 0 Å². The highest BCUT2D eigenvalue weighted by molar-refractivity contribution is 6.30. The summed E-state index contributed by atoms with van der Waals surface area (Å²) in [5.74, 6) is 0. The van der Waals surface area contributed by atoms with E-state index in [0.29, 0.717) is 11.6 Å². The largest absolute Gasteiger partial charge is 0.443 e. The number of anilines is 1. The van der Waals surface area contributed by atoms with E-state index in [-0.39, 0.29) is 0 Å². The molecule has 0 saturated carbocycles. The summed E-state index contributed by atoms with van der Waals surface area (Å²) in [7, 11) is 0. The van der Waals surface area contributed by atoms with Crippen molar-refractivity contribution in [2.24, 2.45) is 0 Å². The van der Waals surface area contributed by atoms with Crippen LogP contribution in [0, 0.1) is 0 Å². The predicted molar refractivity (Wildman–Crippen MR) is 97.5 cm³/mol. The van der Waals surface area contributed by atoms with Crippen LogP contribution in [0.4, 0.5) is 10.5 Å². The molecule has 1 fully saturated rings. The van der Waals surface area contributed by atoms with Gasteiger partial charge < -0.3 is 10.1 Å². The number of nitrogens with zero attached hydrogens (tertiary/aromatic N) is 2. The van der Waals surface area contributed by atoms with Crippen LogP contribution in [0.2, 0.25) is 5.02 Å².